The molecule has 0 bridgehead atoms. The van der Waals surface area contributed by atoms with Crippen molar-refractivity contribution in [2.45, 2.75) is 0 Å². The number of hydrogen-bond acceptors (Lipinski definition) is 6. The summed E-state index contributed by atoms with van der Waals surface area (Å²) in [6, 6.07) is 8.79. The number of hydrogen-bond donors (Lipinski definition) is 2. The van der Waals surface area contributed by atoms with Gasteiger partial charge in [-0.3, -0.25) is 4.79 Å². The van der Waals surface area contributed by atoms with Gasteiger partial charge in [0.05, 0.1) is 6.20 Å². The van der Waals surface area contributed by atoms with Crippen LogP contribution in [0.2, 0.25) is 5.15 Å². The molecule has 2 N–H and O–H groups in total. The van der Waals surface area contributed by atoms with Gasteiger partial charge >= 0.3 is 0 Å². The number of aromatic nitrogens is 4. The van der Waals surface area contributed by atoms with Crippen LogP contribution in [0.4, 0.5) is 5.69 Å². The first-order valence-electron chi connectivity index (χ1n) is 7.53. The van der Waals surface area contributed by atoms with Gasteiger partial charge in [0.15, 0.2) is 5.65 Å². The van der Waals surface area contributed by atoms with E-state index in [2.05, 4.69) is 20.6 Å². The third-order valence-corrected chi connectivity index (χ3v) is 3.98. The molecule has 0 aliphatic carbocycles. The standard InChI is InChI=1S/C17H11ClN6O2/c18-14-5-6-24-16(22-14)12(8-20-24)17(25)21-13-9-26-23-15(13)11-4-2-1-3-10(11)7-19/h1-9,19H,(H,21,25). The molecular formula is C17H11ClN6O2. The minimum Gasteiger partial charge on any atom is -0.362 e. The number of anilines is 1. The Morgan fingerprint density at radius 3 is 3.00 bits per heavy atom. The quantitative estimate of drug-likeness (QED) is 0.425. The second-order valence-electron chi connectivity index (χ2n) is 5.34. The summed E-state index contributed by atoms with van der Waals surface area (Å²) < 4.78 is 6.49. The zero-order valence-electron chi connectivity index (χ0n) is 13.2. The van der Waals surface area contributed by atoms with E-state index in [1.165, 1.54) is 23.2 Å². The van der Waals surface area contributed by atoms with E-state index in [0.717, 1.165) is 0 Å². The molecule has 8 nitrogen and oxygen atoms in total. The highest BCUT2D eigenvalue weighted by molar-refractivity contribution is 6.29. The number of nitrogens with zero attached hydrogens (tertiary/aromatic N) is 4. The first-order chi connectivity index (χ1) is 12.7. The lowest BCUT2D eigenvalue weighted by molar-refractivity contribution is 0.102. The van der Waals surface area contributed by atoms with Crippen LogP contribution in [-0.4, -0.2) is 31.9 Å². The van der Waals surface area contributed by atoms with Crippen LogP contribution in [0.15, 0.2) is 53.5 Å². The van der Waals surface area contributed by atoms with Gasteiger partial charge in [0.2, 0.25) is 0 Å². The topological polar surface area (TPSA) is 109 Å². The summed E-state index contributed by atoms with van der Waals surface area (Å²) in [5, 5.41) is 18.6. The molecule has 1 amide bonds. The molecule has 0 aliphatic heterocycles. The Labute approximate surface area is 151 Å². The smallest absolute Gasteiger partial charge is 0.261 e. The number of benzene rings is 1. The number of carbonyl (C=O) groups excluding carboxylic acids is 1. The second-order valence-corrected chi connectivity index (χ2v) is 5.73. The Hall–Kier alpha value is -3.52. The van der Waals surface area contributed by atoms with Crippen molar-refractivity contribution < 1.29 is 9.32 Å². The molecule has 26 heavy (non-hydrogen) atoms. The van der Waals surface area contributed by atoms with Gasteiger partial charge in [-0.25, -0.2) is 9.50 Å². The molecule has 0 atom stereocenters. The van der Waals surface area contributed by atoms with Gasteiger partial charge in [0.25, 0.3) is 5.91 Å². The van der Waals surface area contributed by atoms with Gasteiger partial charge in [0, 0.05) is 23.5 Å². The summed E-state index contributed by atoms with van der Waals surface area (Å²) in [5.41, 5.74) is 2.74. The molecule has 0 spiro atoms. The molecule has 0 aliphatic rings. The summed E-state index contributed by atoms with van der Waals surface area (Å²) in [4.78, 5) is 16.8. The first-order valence-corrected chi connectivity index (χ1v) is 7.90. The van der Waals surface area contributed by atoms with Gasteiger partial charge in [-0.05, 0) is 6.07 Å². The molecule has 3 heterocycles. The Morgan fingerprint density at radius 1 is 1.31 bits per heavy atom. The maximum absolute atomic E-state index is 12.7. The van der Waals surface area contributed by atoms with E-state index >= 15 is 0 Å². The highest BCUT2D eigenvalue weighted by atomic mass is 35.5. The highest BCUT2D eigenvalue weighted by Crippen LogP contribution is 2.29. The van der Waals surface area contributed by atoms with Gasteiger partial charge in [-0.2, -0.15) is 5.10 Å². The zero-order chi connectivity index (χ0) is 18.1. The third-order valence-electron chi connectivity index (χ3n) is 3.77. The Morgan fingerprint density at radius 2 is 2.15 bits per heavy atom. The van der Waals surface area contributed by atoms with Crippen LogP contribution < -0.4 is 5.32 Å². The average molecular weight is 367 g/mol. The molecule has 0 saturated carbocycles. The lowest BCUT2D eigenvalue weighted by atomic mass is 10.0. The molecule has 0 unspecified atom stereocenters. The summed E-state index contributed by atoms with van der Waals surface area (Å²) in [6.07, 6.45) is 5.58. The molecule has 4 aromatic rings. The summed E-state index contributed by atoms with van der Waals surface area (Å²) >= 11 is 5.90. The molecule has 128 valence electrons. The number of amides is 1. The number of halogens is 1. The molecular weight excluding hydrogens is 356 g/mol. The lowest BCUT2D eigenvalue weighted by Gasteiger charge is -2.06. The van der Waals surface area contributed by atoms with Crippen molar-refractivity contribution in [2.24, 2.45) is 0 Å². The van der Waals surface area contributed by atoms with E-state index < -0.39 is 5.91 Å². The van der Waals surface area contributed by atoms with Crippen LogP contribution in [-0.2, 0) is 0 Å². The van der Waals surface area contributed by atoms with Crippen molar-refractivity contribution in [3.8, 4) is 11.3 Å². The van der Waals surface area contributed by atoms with Crippen LogP contribution in [0.25, 0.3) is 16.9 Å². The number of rotatable bonds is 4. The molecule has 0 fully saturated rings. The Bertz CT molecular complexity index is 1130. The SMILES string of the molecule is N=Cc1ccccc1-c1nocc1NC(=O)c1cnn2ccc(Cl)nc12. The normalized spacial score (nSPS) is 10.8. The Kier molecular flexibility index (Phi) is 3.94. The summed E-state index contributed by atoms with van der Waals surface area (Å²) in [6.45, 7) is 0. The molecule has 1 aromatic carbocycles. The molecule has 4 rings (SSSR count). The minimum atomic E-state index is -0.424. The molecule has 9 heteroatoms. The molecule has 0 saturated heterocycles. The van der Waals surface area contributed by atoms with E-state index in [-0.39, 0.29) is 10.7 Å². The fraction of sp³-hybridized carbons (Fsp3) is 0. The monoisotopic (exact) mass is 366 g/mol. The van der Waals surface area contributed by atoms with Crippen LogP contribution in [0, 0.1) is 5.41 Å². The lowest BCUT2D eigenvalue weighted by Crippen LogP contribution is -2.12. The minimum absolute atomic E-state index is 0.262. The van der Waals surface area contributed by atoms with Crippen molar-refractivity contribution >= 4 is 35.1 Å². The van der Waals surface area contributed by atoms with Crippen molar-refractivity contribution in [3.05, 3.63) is 65.3 Å². The van der Waals surface area contributed by atoms with Gasteiger partial charge in [-0.15, -0.1) is 0 Å². The second kappa shape index (κ2) is 6.41. The predicted octanol–water partition coefficient (Wildman–Crippen LogP) is 3.29. The van der Waals surface area contributed by atoms with Crippen LogP contribution in [0.5, 0.6) is 0 Å². The van der Waals surface area contributed by atoms with Crippen LogP contribution in [0.1, 0.15) is 15.9 Å². The fourth-order valence-corrected chi connectivity index (χ4v) is 2.69. The molecule has 0 radical (unpaired) electrons. The largest absolute Gasteiger partial charge is 0.362 e. The van der Waals surface area contributed by atoms with Crippen molar-refractivity contribution in [1.82, 2.24) is 19.8 Å². The highest BCUT2D eigenvalue weighted by Gasteiger charge is 2.19. The van der Waals surface area contributed by atoms with Gasteiger partial charge < -0.3 is 15.2 Å². The van der Waals surface area contributed by atoms with Crippen LogP contribution in [0.3, 0.4) is 0 Å². The van der Waals surface area contributed by atoms with Gasteiger partial charge in [0.1, 0.15) is 28.4 Å². The number of nitrogens with one attached hydrogen (secondary N) is 2. The van der Waals surface area contributed by atoms with Crippen LogP contribution >= 0.6 is 11.6 Å². The molecule has 3 aromatic heterocycles. The number of carbonyl (C=O) groups is 1. The number of fused-ring (bicyclic) bond motifs is 1. The first kappa shape index (κ1) is 16.0. The van der Waals surface area contributed by atoms with E-state index in [0.29, 0.717) is 28.2 Å². The Balaban J connectivity index is 1.70. The van der Waals surface area contributed by atoms with E-state index in [9.17, 15) is 4.79 Å². The van der Waals surface area contributed by atoms with Crippen molar-refractivity contribution in [1.29, 1.82) is 5.41 Å². The maximum atomic E-state index is 12.7. The summed E-state index contributed by atoms with van der Waals surface area (Å²) in [7, 11) is 0. The average Bonchev–Trinajstić information content (AvgIpc) is 3.28. The third kappa shape index (κ3) is 2.72. The zero-order valence-corrected chi connectivity index (χ0v) is 13.9. The van der Waals surface area contributed by atoms with Gasteiger partial charge in [-0.1, -0.05) is 41.0 Å². The fourth-order valence-electron chi connectivity index (χ4n) is 2.55. The van der Waals surface area contributed by atoms with E-state index in [1.807, 2.05) is 12.1 Å². The van der Waals surface area contributed by atoms with E-state index in [4.69, 9.17) is 21.5 Å². The van der Waals surface area contributed by atoms with Crippen molar-refractivity contribution in [3.63, 3.8) is 0 Å². The summed E-state index contributed by atoms with van der Waals surface area (Å²) in [5.74, 6) is -0.424. The van der Waals surface area contributed by atoms with E-state index in [1.54, 1.807) is 24.4 Å². The maximum Gasteiger partial charge on any atom is 0.261 e. The van der Waals surface area contributed by atoms with Crippen molar-refractivity contribution in [2.75, 3.05) is 5.32 Å². The predicted molar refractivity (Wildman–Crippen MR) is 95.8 cm³/mol.